The van der Waals surface area contributed by atoms with E-state index in [-0.39, 0.29) is 12.5 Å². The van der Waals surface area contributed by atoms with Crippen molar-refractivity contribution in [3.05, 3.63) is 0 Å². The van der Waals surface area contributed by atoms with Crippen molar-refractivity contribution < 1.29 is 9.53 Å². The summed E-state index contributed by atoms with van der Waals surface area (Å²) >= 11 is 0. The zero-order chi connectivity index (χ0) is 19.3. The van der Waals surface area contributed by atoms with E-state index < -0.39 is 0 Å². The number of guanidine groups is 1. The smallest absolute Gasteiger partial charge is 0.243 e. The number of carbonyl (C=O) groups is 1. The van der Waals surface area contributed by atoms with E-state index >= 15 is 0 Å². The lowest BCUT2D eigenvalue weighted by molar-refractivity contribution is -0.127. The van der Waals surface area contributed by atoms with Crippen LogP contribution in [0, 0.1) is 5.92 Å². The van der Waals surface area contributed by atoms with Crippen molar-refractivity contribution in [1.29, 1.82) is 0 Å². The van der Waals surface area contributed by atoms with E-state index in [0.717, 1.165) is 64.2 Å². The average Bonchev–Trinajstić information content (AvgIpc) is 2.70. The highest BCUT2D eigenvalue weighted by molar-refractivity contribution is 5.84. The van der Waals surface area contributed by atoms with Gasteiger partial charge in [0.15, 0.2) is 5.96 Å². The van der Waals surface area contributed by atoms with Crippen molar-refractivity contribution in [2.24, 2.45) is 10.9 Å². The molecular formula is C20H39N5O2. The molecule has 0 bridgehead atoms. The minimum Gasteiger partial charge on any atom is -0.379 e. The number of nitrogens with zero attached hydrogens (tertiary/aromatic N) is 3. The van der Waals surface area contributed by atoms with Crippen molar-refractivity contribution in [3.8, 4) is 0 Å². The Morgan fingerprint density at radius 2 is 1.81 bits per heavy atom. The fourth-order valence-electron chi connectivity index (χ4n) is 3.69. The van der Waals surface area contributed by atoms with Crippen LogP contribution in [0.25, 0.3) is 0 Å². The third-order valence-corrected chi connectivity index (χ3v) is 5.50. The van der Waals surface area contributed by atoms with Gasteiger partial charge in [-0.1, -0.05) is 32.1 Å². The quantitative estimate of drug-likeness (QED) is 0.358. The van der Waals surface area contributed by atoms with Crippen LogP contribution in [0.5, 0.6) is 0 Å². The second-order valence-corrected chi connectivity index (χ2v) is 7.91. The number of likely N-dealkylation sites (N-methyl/N-ethyl adjacent to an activating group) is 1. The van der Waals surface area contributed by atoms with E-state index in [4.69, 9.17) is 4.74 Å². The molecule has 156 valence electrons. The minimum atomic E-state index is 0.0199. The number of rotatable bonds is 9. The molecule has 0 aromatic heterocycles. The third kappa shape index (κ3) is 9.42. The zero-order valence-electron chi connectivity index (χ0n) is 17.3. The maximum absolute atomic E-state index is 11.8. The van der Waals surface area contributed by atoms with Crippen LogP contribution in [0.4, 0.5) is 0 Å². The molecule has 1 heterocycles. The van der Waals surface area contributed by atoms with Crippen molar-refractivity contribution in [2.45, 2.75) is 44.9 Å². The van der Waals surface area contributed by atoms with Crippen LogP contribution in [0.15, 0.2) is 4.99 Å². The normalized spacial score (nSPS) is 19.7. The van der Waals surface area contributed by atoms with Crippen molar-refractivity contribution in [2.75, 3.05) is 66.6 Å². The molecule has 2 aliphatic rings. The summed E-state index contributed by atoms with van der Waals surface area (Å²) in [5, 5.41) is 6.80. The monoisotopic (exact) mass is 381 g/mol. The number of aliphatic imine (C=N–C) groups is 1. The van der Waals surface area contributed by atoms with Gasteiger partial charge in [0.2, 0.25) is 5.91 Å². The first-order chi connectivity index (χ1) is 13.1. The number of amides is 1. The van der Waals surface area contributed by atoms with Gasteiger partial charge in [0, 0.05) is 46.8 Å². The molecule has 0 unspecified atom stereocenters. The van der Waals surface area contributed by atoms with Gasteiger partial charge in [-0.3, -0.25) is 9.69 Å². The van der Waals surface area contributed by atoms with Crippen molar-refractivity contribution in [3.63, 3.8) is 0 Å². The van der Waals surface area contributed by atoms with Crippen LogP contribution in [-0.2, 0) is 9.53 Å². The largest absolute Gasteiger partial charge is 0.379 e. The second kappa shape index (κ2) is 12.9. The Morgan fingerprint density at radius 3 is 2.52 bits per heavy atom. The van der Waals surface area contributed by atoms with Crippen LogP contribution >= 0.6 is 0 Å². The van der Waals surface area contributed by atoms with E-state index in [0.29, 0.717) is 0 Å². The molecule has 1 saturated heterocycles. The predicted molar refractivity (Wildman–Crippen MR) is 110 cm³/mol. The van der Waals surface area contributed by atoms with E-state index in [1.807, 2.05) is 0 Å². The molecule has 1 aliphatic heterocycles. The van der Waals surface area contributed by atoms with Crippen LogP contribution < -0.4 is 10.6 Å². The first-order valence-corrected chi connectivity index (χ1v) is 10.7. The summed E-state index contributed by atoms with van der Waals surface area (Å²) in [6.07, 6.45) is 9.48. The van der Waals surface area contributed by atoms with Gasteiger partial charge in [-0.25, -0.2) is 4.99 Å². The maximum Gasteiger partial charge on any atom is 0.243 e. The van der Waals surface area contributed by atoms with Gasteiger partial charge in [0.25, 0.3) is 0 Å². The van der Waals surface area contributed by atoms with Gasteiger partial charge in [-0.05, 0) is 18.8 Å². The molecule has 1 saturated carbocycles. The van der Waals surface area contributed by atoms with Gasteiger partial charge in [-0.15, -0.1) is 0 Å². The highest BCUT2D eigenvalue weighted by Gasteiger charge is 2.13. The summed E-state index contributed by atoms with van der Waals surface area (Å²) < 4.78 is 5.39. The highest BCUT2D eigenvalue weighted by Crippen LogP contribution is 2.26. The Morgan fingerprint density at radius 1 is 1.11 bits per heavy atom. The number of morpholine rings is 1. The molecule has 2 rings (SSSR count). The summed E-state index contributed by atoms with van der Waals surface area (Å²) in [4.78, 5) is 20.3. The zero-order valence-corrected chi connectivity index (χ0v) is 17.3. The first kappa shape index (κ1) is 22.0. The Labute approximate surface area is 164 Å². The molecule has 2 N–H and O–H groups in total. The second-order valence-electron chi connectivity index (χ2n) is 7.91. The summed E-state index contributed by atoms with van der Waals surface area (Å²) in [6.45, 7) is 6.50. The van der Waals surface area contributed by atoms with Crippen LogP contribution in [0.1, 0.15) is 44.9 Å². The predicted octanol–water partition coefficient (Wildman–Crippen LogP) is 1.30. The molecule has 0 aromatic carbocycles. The Balaban J connectivity index is 1.70. The number of ether oxygens (including phenoxy) is 1. The van der Waals surface area contributed by atoms with Crippen molar-refractivity contribution >= 4 is 11.9 Å². The van der Waals surface area contributed by atoms with Gasteiger partial charge in [0.1, 0.15) is 6.54 Å². The van der Waals surface area contributed by atoms with Crippen LogP contribution in [0.2, 0.25) is 0 Å². The highest BCUT2D eigenvalue weighted by atomic mass is 16.5. The lowest BCUT2D eigenvalue weighted by Crippen LogP contribution is -2.45. The fourth-order valence-corrected chi connectivity index (χ4v) is 3.69. The Bertz CT molecular complexity index is 444. The topological polar surface area (TPSA) is 69.2 Å². The lowest BCUT2D eigenvalue weighted by Gasteiger charge is -2.26. The summed E-state index contributed by atoms with van der Waals surface area (Å²) in [6, 6.07) is 0. The molecule has 0 atom stereocenters. The van der Waals surface area contributed by atoms with Gasteiger partial charge in [-0.2, -0.15) is 0 Å². The molecule has 27 heavy (non-hydrogen) atoms. The third-order valence-electron chi connectivity index (χ3n) is 5.50. The Hall–Kier alpha value is -1.34. The number of carbonyl (C=O) groups excluding carboxylic acids is 1. The summed E-state index contributed by atoms with van der Waals surface area (Å²) in [5.41, 5.74) is 0. The molecule has 0 spiro atoms. The number of hydrogen-bond acceptors (Lipinski definition) is 4. The number of hydrogen-bond donors (Lipinski definition) is 2. The SMILES string of the molecule is CN(C)C(=O)CN=C(NCCCC1CCCCC1)NCCN1CCOCC1. The number of nitrogens with one attached hydrogen (secondary N) is 2. The van der Waals surface area contributed by atoms with Crippen LogP contribution in [0.3, 0.4) is 0 Å². The lowest BCUT2D eigenvalue weighted by atomic mass is 9.86. The molecule has 0 radical (unpaired) electrons. The van der Waals surface area contributed by atoms with Gasteiger partial charge in [0.05, 0.1) is 13.2 Å². The standard InChI is InChI=1S/C20H39N5O2/c1-24(2)19(26)17-23-20(22-11-12-25-13-15-27-16-14-25)21-10-6-9-18-7-4-3-5-8-18/h18H,3-17H2,1-2H3,(H2,21,22,23). The molecule has 1 amide bonds. The molecule has 7 nitrogen and oxygen atoms in total. The first-order valence-electron chi connectivity index (χ1n) is 10.7. The average molecular weight is 382 g/mol. The van der Waals surface area contributed by atoms with E-state index in [1.54, 1.807) is 19.0 Å². The summed E-state index contributed by atoms with van der Waals surface area (Å²) in [7, 11) is 3.53. The molecule has 2 fully saturated rings. The van der Waals surface area contributed by atoms with Gasteiger partial charge >= 0.3 is 0 Å². The minimum absolute atomic E-state index is 0.0199. The van der Waals surface area contributed by atoms with E-state index in [2.05, 4.69) is 20.5 Å². The maximum atomic E-state index is 11.8. The van der Waals surface area contributed by atoms with Crippen molar-refractivity contribution in [1.82, 2.24) is 20.4 Å². The summed E-state index contributed by atoms with van der Waals surface area (Å²) in [5.74, 6) is 1.68. The molecular weight excluding hydrogens is 342 g/mol. The molecule has 1 aliphatic carbocycles. The van der Waals surface area contributed by atoms with Crippen LogP contribution in [-0.4, -0.2) is 88.2 Å². The molecule has 7 heteroatoms. The van der Waals surface area contributed by atoms with E-state index in [1.165, 1.54) is 38.5 Å². The Kier molecular flexibility index (Phi) is 10.5. The fraction of sp³-hybridized carbons (Fsp3) is 0.900. The molecule has 0 aromatic rings. The van der Waals surface area contributed by atoms with Gasteiger partial charge < -0.3 is 20.3 Å². The van der Waals surface area contributed by atoms with E-state index in [9.17, 15) is 4.79 Å².